The van der Waals surface area contributed by atoms with Gasteiger partial charge in [-0.1, -0.05) is 35.9 Å². The van der Waals surface area contributed by atoms with Gasteiger partial charge in [0.25, 0.3) is 0 Å². The van der Waals surface area contributed by atoms with Crippen molar-refractivity contribution in [1.29, 1.82) is 0 Å². The first-order chi connectivity index (χ1) is 13.4. The lowest BCUT2D eigenvalue weighted by atomic mass is 9.77. The van der Waals surface area contributed by atoms with Crippen molar-refractivity contribution in [2.75, 3.05) is 6.61 Å². The number of aryl methyl sites for hydroxylation is 1. The zero-order chi connectivity index (χ0) is 20.1. The summed E-state index contributed by atoms with van der Waals surface area (Å²) in [5, 5.41) is 29.7. The lowest BCUT2D eigenvalue weighted by Gasteiger charge is -2.27. The number of aliphatic carboxylic acids is 1. The van der Waals surface area contributed by atoms with Crippen molar-refractivity contribution in [2.24, 2.45) is 17.8 Å². The number of carboxylic acid groups (broad SMARTS) is 1. The molecule has 0 aliphatic heterocycles. The molecule has 28 heavy (non-hydrogen) atoms. The molecule has 2 saturated carbocycles. The molecule has 2 aliphatic carbocycles. The van der Waals surface area contributed by atoms with Crippen molar-refractivity contribution >= 4 is 5.97 Å². The summed E-state index contributed by atoms with van der Waals surface area (Å²) in [7, 11) is 0. The highest BCUT2D eigenvalue weighted by atomic mass is 16.5. The topological polar surface area (TPSA) is 87.0 Å². The number of allylic oxidation sites excluding steroid dienone is 2. The zero-order valence-electron chi connectivity index (χ0n) is 16.3. The fraction of sp³-hybridized carbons (Fsp3) is 0.522. The van der Waals surface area contributed by atoms with Gasteiger partial charge in [0.15, 0.2) is 0 Å². The SMILES string of the molecule is Cc1cccc(OC[C@H](O)/C=C/C2CC[C@H](O)[C@@H]2C/C=C2\CCC2C(=O)O)c1. The van der Waals surface area contributed by atoms with E-state index in [1.54, 1.807) is 6.08 Å². The maximum atomic E-state index is 11.1. The van der Waals surface area contributed by atoms with Crippen LogP contribution in [0.25, 0.3) is 0 Å². The second-order valence-corrected chi connectivity index (χ2v) is 8.00. The molecule has 0 saturated heterocycles. The summed E-state index contributed by atoms with van der Waals surface area (Å²) in [5.74, 6) is -0.0972. The zero-order valence-corrected chi connectivity index (χ0v) is 16.3. The number of hydrogen-bond acceptors (Lipinski definition) is 4. The first-order valence-electron chi connectivity index (χ1n) is 10.1. The van der Waals surface area contributed by atoms with E-state index in [0.29, 0.717) is 12.8 Å². The largest absolute Gasteiger partial charge is 0.491 e. The Morgan fingerprint density at radius 2 is 2.14 bits per heavy atom. The molecular weight excluding hydrogens is 356 g/mol. The van der Waals surface area contributed by atoms with Crippen LogP contribution in [0.3, 0.4) is 0 Å². The Bertz CT molecular complexity index is 738. The molecule has 152 valence electrons. The summed E-state index contributed by atoms with van der Waals surface area (Å²) in [5.41, 5.74) is 2.09. The number of benzene rings is 1. The normalized spacial score (nSPS) is 29.8. The predicted molar refractivity (Wildman–Crippen MR) is 107 cm³/mol. The highest BCUT2D eigenvalue weighted by molar-refractivity contribution is 5.75. The molecule has 2 unspecified atom stereocenters. The van der Waals surface area contributed by atoms with Crippen LogP contribution in [0.1, 0.15) is 37.7 Å². The van der Waals surface area contributed by atoms with Gasteiger partial charge in [0.1, 0.15) is 18.5 Å². The van der Waals surface area contributed by atoms with Gasteiger partial charge in [-0.05, 0) is 68.6 Å². The van der Waals surface area contributed by atoms with Crippen LogP contribution in [0.5, 0.6) is 5.75 Å². The Morgan fingerprint density at radius 1 is 1.32 bits per heavy atom. The third-order valence-corrected chi connectivity index (χ3v) is 5.95. The van der Waals surface area contributed by atoms with E-state index < -0.39 is 12.1 Å². The Hall–Kier alpha value is -2.11. The van der Waals surface area contributed by atoms with Crippen LogP contribution < -0.4 is 4.74 Å². The average Bonchev–Trinajstić information content (AvgIpc) is 2.97. The van der Waals surface area contributed by atoms with Crippen molar-refractivity contribution in [3.8, 4) is 5.75 Å². The van der Waals surface area contributed by atoms with Crippen LogP contribution in [-0.4, -0.2) is 40.1 Å². The molecule has 1 aromatic carbocycles. The maximum Gasteiger partial charge on any atom is 0.310 e. The Labute approximate surface area is 166 Å². The van der Waals surface area contributed by atoms with Gasteiger partial charge in [-0.15, -0.1) is 0 Å². The third kappa shape index (κ3) is 5.24. The fourth-order valence-electron chi connectivity index (χ4n) is 4.13. The number of aliphatic hydroxyl groups is 2. The van der Waals surface area contributed by atoms with Crippen molar-refractivity contribution in [2.45, 2.75) is 51.2 Å². The molecule has 0 spiro atoms. The Morgan fingerprint density at radius 3 is 2.82 bits per heavy atom. The summed E-state index contributed by atoms with van der Waals surface area (Å²) >= 11 is 0. The molecule has 2 aliphatic rings. The molecule has 0 aromatic heterocycles. The standard InChI is InChI=1S/C23H30O5/c1-15-3-2-4-19(13-15)28-14-18(24)9-5-16-8-12-22(25)20(16)10-6-17-7-11-21(17)23(26)27/h2-6,9,13,16,18,20-22,24-25H,7-8,10-12,14H2,1H3,(H,26,27)/b9-5+,17-6+/t16?,18-,20-,21?,22+/m1/s1. The predicted octanol–water partition coefficient (Wildman–Crippen LogP) is 3.49. The molecule has 3 N–H and O–H groups in total. The summed E-state index contributed by atoms with van der Waals surface area (Å²) < 4.78 is 5.63. The second kappa shape index (κ2) is 9.39. The number of ether oxygens (including phenoxy) is 1. The van der Waals surface area contributed by atoms with Crippen molar-refractivity contribution in [1.82, 2.24) is 0 Å². The van der Waals surface area contributed by atoms with Crippen LogP contribution in [0.15, 0.2) is 48.1 Å². The number of hydrogen-bond donors (Lipinski definition) is 3. The number of carbonyl (C=O) groups is 1. The monoisotopic (exact) mass is 386 g/mol. The van der Waals surface area contributed by atoms with Crippen LogP contribution in [0, 0.1) is 24.7 Å². The average molecular weight is 386 g/mol. The molecule has 5 nitrogen and oxygen atoms in total. The minimum Gasteiger partial charge on any atom is -0.491 e. The van der Waals surface area contributed by atoms with Crippen LogP contribution >= 0.6 is 0 Å². The third-order valence-electron chi connectivity index (χ3n) is 5.95. The van der Waals surface area contributed by atoms with Gasteiger partial charge in [0.2, 0.25) is 0 Å². The van der Waals surface area contributed by atoms with Gasteiger partial charge in [-0.2, -0.15) is 0 Å². The summed E-state index contributed by atoms with van der Waals surface area (Å²) in [6.07, 6.45) is 8.52. The molecule has 0 radical (unpaired) electrons. The maximum absolute atomic E-state index is 11.1. The fourth-order valence-corrected chi connectivity index (χ4v) is 4.13. The first kappa shape index (κ1) is 20.6. The quantitative estimate of drug-likeness (QED) is 0.596. The van der Waals surface area contributed by atoms with E-state index in [0.717, 1.165) is 36.1 Å². The minimum atomic E-state index is -0.752. The number of rotatable bonds is 8. The van der Waals surface area contributed by atoms with Crippen molar-refractivity contribution < 1.29 is 24.9 Å². The van der Waals surface area contributed by atoms with Gasteiger partial charge in [0, 0.05) is 0 Å². The van der Waals surface area contributed by atoms with Crippen LogP contribution in [0.4, 0.5) is 0 Å². The summed E-state index contributed by atoms with van der Waals surface area (Å²) in [6.45, 7) is 2.18. The lowest BCUT2D eigenvalue weighted by Crippen LogP contribution is -2.25. The summed E-state index contributed by atoms with van der Waals surface area (Å²) in [4.78, 5) is 11.1. The van der Waals surface area contributed by atoms with Gasteiger partial charge in [-0.25, -0.2) is 0 Å². The van der Waals surface area contributed by atoms with Crippen molar-refractivity contribution in [3.63, 3.8) is 0 Å². The Kier molecular flexibility index (Phi) is 6.92. The highest BCUT2D eigenvalue weighted by Gasteiger charge is 2.34. The molecular formula is C23H30O5. The van der Waals surface area contributed by atoms with E-state index in [-0.39, 0.29) is 30.5 Å². The molecule has 1 aromatic rings. The van der Waals surface area contributed by atoms with E-state index in [9.17, 15) is 15.0 Å². The van der Waals surface area contributed by atoms with E-state index in [1.165, 1.54) is 0 Å². The number of aliphatic hydroxyl groups excluding tert-OH is 2. The molecule has 5 heteroatoms. The Balaban J connectivity index is 1.51. The second-order valence-electron chi connectivity index (χ2n) is 8.00. The minimum absolute atomic E-state index is 0.0729. The summed E-state index contributed by atoms with van der Waals surface area (Å²) in [6, 6.07) is 7.71. The van der Waals surface area contributed by atoms with E-state index >= 15 is 0 Å². The molecule has 0 amide bonds. The van der Waals surface area contributed by atoms with E-state index in [4.69, 9.17) is 9.84 Å². The molecule has 2 fully saturated rings. The van der Waals surface area contributed by atoms with E-state index in [2.05, 4.69) is 0 Å². The van der Waals surface area contributed by atoms with Gasteiger partial charge < -0.3 is 20.1 Å². The van der Waals surface area contributed by atoms with Gasteiger partial charge >= 0.3 is 5.97 Å². The van der Waals surface area contributed by atoms with Gasteiger partial charge in [-0.3, -0.25) is 4.79 Å². The number of carboxylic acids is 1. The van der Waals surface area contributed by atoms with E-state index in [1.807, 2.05) is 43.3 Å². The van der Waals surface area contributed by atoms with Crippen molar-refractivity contribution in [3.05, 3.63) is 53.6 Å². The van der Waals surface area contributed by atoms with Gasteiger partial charge in [0.05, 0.1) is 12.0 Å². The molecule has 0 heterocycles. The smallest absolute Gasteiger partial charge is 0.310 e. The molecule has 3 rings (SSSR count). The lowest BCUT2D eigenvalue weighted by molar-refractivity contribution is -0.141. The van der Waals surface area contributed by atoms with Crippen LogP contribution in [-0.2, 0) is 4.79 Å². The molecule has 5 atom stereocenters. The van der Waals surface area contributed by atoms with Crippen LogP contribution in [0.2, 0.25) is 0 Å². The molecule has 0 bridgehead atoms. The first-order valence-corrected chi connectivity index (χ1v) is 10.1. The highest BCUT2D eigenvalue weighted by Crippen LogP contribution is 2.39.